The predicted octanol–water partition coefficient (Wildman–Crippen LogP) is 1.81. The van der Waals surface area contributed by atoms with E-state index in [0.29, 0.717) is 12.6 Å². The smallest absolute Gasteiger partial charge is 0.0942 e. The minimum Gasteiger partial charge on any atom is -0.394 e. The van der Waals surface area contributed by atoms with E-state index in [1.807, 2.05) is 24.3 Å². The van der Waals surface area contributed by atoms with E-state index in [0.717, 1.165) is 11.4 Å². The Morgan fingerprint density at radius 2 is 1.83 bits per heavy atom. The quantitative estimate of drug-likeness (QED) is 0.622. The molecule has 100 valence electrons. The van der Waals surface area contributed by atoms with Gasteiger partial charge in [-0.15, -0.1) is 0 Å². The van der Waals surface area contributed by atoms with Crippen LogP contribution in [0.4, 0.5) is 11.4 Å². The van der Waals surface area contributed by atoms with Gasteiger partial charge in [0, 0.05) is 12.6 Å². The lowest BCUT2D eigenvalue weighted by Gasteiger charge is -2.18. The molecule has 0 radical (unpaired) electrons. The van der Waals surface area contributed by atoms with Crippen molar-refractivity contribution in [1.29, 1.82) is 0 Å². The van der Waals surface area contributed by atoms with Crippen LogP contribution in [0.5, 0.6) is 0 Å². The summed E-state index contributed by atoms with van der Waals surface area (Å²) >= 11 is 0. The highest BCUT2D eigenvalue weighted by Gasteiger charge is 2.15. The summed E-state index contributed by atoms with van der Waals surface area (Å²) in [6.45, 7) is 0.144. The Morgan fingerprint density at radius 3 is 2.50 bits per heavy atom. The number of benzene rings is 1. The molecule has 0 aliphatic heterocycles. The Bertz CT molecular complexity index is 365. The van der Waals surface area contributed by atoms with Crippen LogP contribution in [0.15, 0.2) is 24.3 Å². The molecule has 1 unspecified atom stereocenters. The summed E-state index contributed by atoms with van der Waals surface area (Å²) in [5.74, 6) is 0. The van der Waals surface area contributed by atoms with E-state index in [1.165, 1.54) is 25.7 Å². The fourth-order valence-electron chi connectivity index (χ4n) is 2.35. The fraction of sp³-hybridized carbons (Fsp3) is 0.571. The van der Waals surface area contributed by atoms with Gasteiger partial charge in [-0.3, -0.25) is 0 Å². The van der Waals surface area contributed by atoms with Crippen LogP contribution in [0.2, 0.25) is 0 Å². The molecular weight excluding hydrogens is 228 g/mol. The van der Waals surface area contributed by atoms with Gasteiger partial charge in [0.05, 0.1) is 24.1 Å². The van der Waals surface area contributed by atoms with Crippen LogP contribution in [-0.4, -0.2) is 35.5 Å². The molecular formula is C14H22N2O2. The van der Waals surface area contributed by atoms with Crippen LogP contribution < -0.4 is 10.6 Å². The highest BCUT2D eigenvalue weighted by Crippen LogP contribution is 2.27. The molecule has 18 heavy (non-hydrogen) atoms. The molecule has 0 saturated heterocycles. The van der Waals surface area contributed by atoms with Gasteiger partial charge in [-0.25, -0.2) is 0 Å². The number of hydrogen-bond donors (Lipinski definition) is 4. The zero-order valence-corrected chi connectivity index (χ0v) is 10.6. The molecule has 1 saturated carbocycles. The molecule has 1 aromatic rings. The molecule has 4 heteroatoms. The highest BCUT2D eigenvalue weighted by molar-refractivity contribution is 5.69. The van der Waals surface area contributed by atoms with Gasteiger partial charge in [0.25, 0.3) is 0 Å². The summed E-state index contributed by atoms with van der Waals surface area (Å²) in [6, 6.07) is 8.57. The molecule has 1 aliphatic rings. The van der Waals surface area contributed by atoms with Crippen LogP contribution in [0.3, 0.4) is 0 Å². The largest absolute Gasteiger partial charge is 0.394 e. The first-order chi connectivity index (χ1) is 8.79. The molecule has 0 amide bonds. The van der Waals surface area contributed by atoms with Gasteiger partial charge in [-0.2, -0.15) is 0 Å². The maximum absolute atomic E-state index is 9.36. The van der Waals surface area contributed by atoms with E-state index in [1.54, 1.807) is 0 Å². The second kappa shape index (κ2) is 6.61. The van der Waals surface area contributed by atoms with E-state index < -0.39 is 6.10 Å². The first-order valence-corrected chi connectivity index (χ1v) is 6.68. The molecule has 0 heterocycles. The van der Waals surface area contributed by atoms with Crippen molar-refractivity contribution in [3.63, 3.8) is 0 Å². The summed E-state index contributed by atoms with van der Waals surface area (Å²) in [5.41, 5.74) is 2.06. The summed E-state index contributed by atoms with van der Waals surface area (Å²) in [7, 11) is 0. The Morgan fingerprint density at radius 1 is 1.17 bits per heavy atom. The third kappa shape index (κ3) is 3.62. The standard InChI is InChI=1S/C14H22N2O2/c17-10-12(18)9-15-13-7-3-4-8-14(13)16-11-5-1-2-6-11/h3-4,7-8,11-12,15-18H,1-2,5-6,9-10H2. The third-order valence-corrected chi connectivity index (χ3v) is 3.38. The number of anilines is 2. The molecule has 1 aliphatic carbocycles. The lowest BCUT2D eigenvalue weighted by Crippen LogP contribution is -2.24. The van der Waals surface area contributed by atoms with Crippen molar-refractivity contribution < 1.29 is 10.2 Å². The molecule has 4 nitrogen and oxygen atoms in total. The summed E-state index contributed by atoms with van der Waals surface area (Å²) in [6.07, 6.45) is 4.35. The molecule has 1 atom stereocenters. The van der Waals surface area contributed by atoms with E-state index in [-0.39, 0.29) is 6.61 Å². The summed E-state index contributed by atoms with van der Waals surface area (Å²) < 4.78 is 0. The van der Waals surface area contributed by atoms with Crippen LogP contribution in [-0.2, 0) is 0 Å². The van der Waals surface area contributed by atoms with Gasteiger partial charge >= 0.3 is 0 Å². The van der Waals surface area contributed by atoms with Crippen molar-refractivity contribution in [2.24, 2.45) is 0 Å². The van der Waals surface area contributed by atoms with Crippen LogP contribution in [0, 0.1) is 0 Å². The average Bonchev–Trinajstić information content (AvgIpc) is 2.90. The molecule has 0 bridgehead atoms. The zero-order chi connectivity index (χ0) is 12.8. The molecule has 1 aromatic carbocycles. The normalized spacial score (nSPS) is 17.7. The maximum atomic E-state index is 9.36. The fourth-order valence-corrected chi connectivity index (χ4v) is 2.35. The van der Waals surface area contributed by atoms with Gasteiger partial charge in [-0.05, 0) is 25.0 Å². The van der Waals surface area contributed by atoms with Crippen molar-refractivity contribution in [2.45, 2.75) is 37.8 Å². The number of rotatable bonds is 6. The van der Waals surface area contributed by atoms with Gasteiger partial charge < -0.3 is 20.8 Å². The molecule has 1 fully saturated rings. The summed E-state index contributed by atoms with van der Waals surface area (Å²) in [4.78, 5) is 0. The van der Waals surface area contributed by atoms with Gasteiger partial charge in [0.1, 0.15) is 0 Å². The van der Waals surface area contributed by atoms with Crippen LogP contribution >= 0.6 is 0 Å². The van der Waals surface area contributed by atoms with Crippen molar-refractivity contribution >= 4 is 11.4 Å². The average molecular weight is 250 g/mol. The van der Waals surface area contributed by atoms with E-state index in [4.69, 9.17) is 5.11 Å². The Balaban J connectivity index is 1.95. The number of aliphatic hydroxyl groups excluding tert-OH is 2. The Hall–Kier alpha value is -1.26. The first kappa shape index (κ1) is 13.2. The van der Waals surface area contributed by atoms with E-state index in [2.05, 4.69) is 10.6 Å². The summed E-state index contributed by atoms with van der Waals surface area (Å²) in [5, 5.41) is 24.9. The lowest BCUT2D eigenvalue weighted by atomic mass is 10.2. The molecule has 0 spiro atoms. The van der Waals surface area contributed by atoms with Crippen molar-refractivity contribution in [1.82, 2.24) is 0 Å². The Labute approximate surface area is 108 Å². The number of aliphatic hydroxyl groups is 2. The minimum absolute atomic E-state index is 0.217. The van der Waals surface area contributed by atoms with Crippen molar-refractivity contribution in [3.05, 3.63) is 24.3 Å². The topological polar surface area (TPSA) is 64.5 Å². The van der Waals surface area contributed by atoms with Gasteiger partial charge in [-0.1, -0.05) is 25.0 Å². The predicted molar refractivity (Wildman–Crippen MR) is 73.9 cm³/mol. The Kier molecular flexibility index (Phi) is 4.84. The number of para-hydroxylation sites is 2. The lowest BCUT2D eigenvalue weighted by molar-refractivity contribution is 0.105. The second-order valence-corrected chi connectivity index (χ2v) is 4.89. The molecule has 4 N–H and O–H groups in total. The minimum atomic E-state index is -0.718. The SMILES string of the molecule is OCC(O)CNc1ccccc1NC1CCCC1. The number of nitrogens with one attached hydrogen (secondary N) is 2. The van der Waals surface area contributed by atoms with Crippen molar-refractivity contribution in [2.75, 3.05) is 23.8 Å². The molecule has 0 aromatic heterocycles. The number of hydrogen-bond acceptors (Lipinski definition) is 4. The zero-order valence-electron chi connectivity index (χ0n) is 10.6. The van der Waals surface area contributed by atoms with E-state index >= 15 is 0 Å². The monoisotopic (exact) mass is 250 g/mol. The van der Waals surface area contributed by atoms with Crippen LogP contribution in [0.1, 0.15) is 25.7 Å². The molecule has 2 rings (SSSR count). The third-order valence-electron chi connectivity index (χ3n) is 3.38. The first-order valence-electron chi connectivity index (χ1n) is 6.68. The highest BCUT2D eigenvalue weighted by atomic mass is 16.3. The van der Waals surface area contributed by atoms with E-state index in [9.17, 15) is 5.11 Å². The van der Waals surface area contributed by atoms with Crippen LogP contribution in [0.25, 0.3) is 0 Å². The van der Waals surface area contributed by atoms with Gasteiger partial charge in [0.15, 0.2) is 0 Å². The van der Waals surface area contributed by atoms with Gasteiger partial charge in [0.2, 0.25) is 0 Å². The van der Waals surface area contributed by atoms with Crippen molar-refractivity contribution in [3.8, 4) is 0 Å². The second-order valence-electron chi connectivity index (χ2n) is 4.89. The maximum Gasteiger partial charge on any atom is 0.0942 e.